The largest absolute Gasteiger partial charge is 0.496 e. The van der Waals surface area contributed by atoms with E-state index in [4.69, 9.17) is 4.74 Å². The Morgan fingerprint density at radius 1 is 1.03 bits per heavy atom. The highest BCUT2D eigenvalue weighted by atomic mass is 16.5. The summed E-state index contributed by atoms with van der Waals surface area (Å²) >= 11 is 0. The topological polar surface area (TPSA) is 101 Å². The molecule has 4 rings (SSSR count). The molecule has 0 aliphatic carbocycles. The van der Waals surface area contributed by atoms with Crippen molar-refractivity contribution in [3.63, 3.8) is 0 Å². The number of ether oxygens (including phenoxy) is 1. The minimum atomic E-state index is -0.357. The number of para-hydroxylation sites is 1. The maximum atomic E-state index is 13.1. The van der Waals surface area contributed by atoms with Gasteiger partial charge in [-0.15, -0.1) is 0 Å². The Balaban J connectivity index is 1.39. The Kier molecular flexibility index (Phi) is 5.84. The fourth-order valence-electron chi connectivity index (χ4n) is 4.28. The summed E-state index contributed by atoms with van der Waals surface area (Å²) in [5, 5.41) is 0. The number of hydrogen-bond acceptors (Lipinski definition) is 7. The summed E-state index contributed by atoms with van der Waals surface area (Å²) in [5.41, 5.74) is 6.67. The number of rotatable bonds is 4. The number of nitrogens with zero attached hydrogens (tertiary/aromatic N) is 4. The number of hydrogen-bond donors (Lipinski definition) is 2. The van der Waals surface area contributed by atoms with Crippen molar-refractivity contribution in [3.05, 3.63) is 56.7 Å². The highest BCUT2D eigenvalue weighted by Gasteiger charge is 2.35. The van der Waals surface area contributed by atoms with Gasteiger partial charge in [-0.1, -0.05) is 18.2 Å². The van der Waals surface area contributed by atoms with Gasteiger partial charge in [-0.3, -0.25) is 18.7 Å². The third-order valence-electron chi connectivity index (χ3n) is 6.13. The normalized spacial score (nSPS) is 21.4. The van der Waals surface area contributed by atoms with Crippen LogP contribution in [-0.4, -0.2) is 59.3 Å². The number of carbonyl (C=O) groups excluding carboxylic acids is 1. The van der Waals surface area contributed by atoms with Crippen molar-refractivity contribution in [2.24, 2.45) is 14.1 Å². The van der Waals surface area contributed by atoms with Crippen LogP contribution in [0.1, 0.15) is 18.0 Å². The summed E-state index contributed by atoms with van der Waals surface area (Å²) < 4.78 is 8.00. The van der Waals surface area contributed by atoms with Gasteiger partial charge in [0.1, 0.15) is 17.6 Å². The predicted molar refractivity (Wildman–Crippen MR) is 116 cm³/mol. The van der Waals surface area contributed by atoms with Gasteiger partial charge in [0.15, 0.2) is 0 Å². The van der Waals surface area contributed by atoms with Crippen LogP contribution >= 0.6 is 0 Å². The van der Waals surface area contributed by atoms with Crippen molar-refractivity contribution in [2.45, 2.75) is 18.5 Å². The average Bonchev–Trinajstić information content (AvgIpc) is 3.30. The van der Waals surface area contributed by atoms with Crippen LogP contribution in [-0.2, 0) is 18.9 Å². The molecule has 10 nitrogen and oxygen atoms in total. The van der Waals surface area contributed by atoms with Crippen molar-refractivity contribution in [1.29, 1.82) is 0 Å². The molecule has 1 aromatic carbocycles. The minimum absolute atomic E-state index is 0.0125. The Bertz CT molecular complexity index is 1090. The van der Waals surface area contributed by atoms with Gasteiger partial charge in [0.05, 0.1) is 13.2 Å². The van der Waals surface area contributed by atoms with Crippen LogP contribution < -0.4 is 31.7 Å². The van der Waals surface area contributed by atoms with Crippen molar-refractivity contribution < 1.29 is 9.53 Å². The zero-order chi connectivity index (χ0) is 22.1. The first kappa shape index (κ1) is 21.1. The molecule has 2 fully saturated rings. The molecule has 2 saturated heterocycles. The van der Waals surface area contributed by atoms with Gasteiger partial charge in [-0.05, 0) is 12.5 Å². The smallest absolute Gasteiger partial charge is 0.332 e. The molecular weight excluding hydrogens is 400 g/mol. The first-order chi connectivity index (χ1) is 14.9. The number of piperazine rings is 1. The first-order valence-electron chi connectivity index (χ1n) is 10.4. The van der Waals surface area contributed by atoms with Crippen LogP contribution in [0, 0.1) is 0 Å². The van der Waals surface area contributed by atoms with Crippen LogP contribution in [0.3, 0.4) is 0 Å². The van der Waals surface area contributed by atoms with Crippen LogP contribution in [0.25, 0.3) is 0 Å². The Labute approximate surface area is 180 Å². The maximum Gasteiger partial charge on any atom is 0.332 e. The summed E-state index contributed by atoms with van der Waals surface area (Å²) in [7, 11) is 4.76. The van der Waals surface area contributed by atoms with Gasteiger partial charge in [0.25, 0.3) is 5.56 Å². The molecule has 0 saturated carbocycles. The highest BCUT2D eigenvalue weighted by Crippen LogP contribution is 2.30. The van der Waals surface area contributed by atoms with Gasteiger partial charge in [-0.2, -0.15) is 0 Å². The van der Waals surface area contributed by atoms with Gasteiger partial charge >= 0.3 is 5.69 Å². The SMILES string of the molecule is COc1ccccc1C1CC(C(=O)N2CCN(c3cc(=O)n(C)c(=O)n3C)CC2)NN1. The molecule has 1 aromatic heterocycles. The first-order valence-corrected chi connectivity index (χ1v) is 10.4. The number of hydrazine groups is 1. The number of methoxy groups -OCH3 is 1. The summed E-state index contributed by atoms with van der Waals surface area (Å²) in [5.74, 6) is 1.42. The van der Waals surface area contributed by atoms with Gasteiger partial charge in [-0.25, -0.2) is 15.6 Å². The Hall–Kier alpha value is -3.11. The Morgan fingerprint density at radius 3 is 2.45 bits per heavy atom. The quantitative estimate of drug-likeness (QED) is 0.667. The fraction of sp³-hybridized carbons (Fsp3) is 0.476. The van der Waals surface area contributed by atoms with Crippen molar-refractivity contribution in [3.8, 4) is 5.75 Å². The van der Waals surface area contributed by atoms with Crippen molar-refractivity contribution >= 4 is 11.7 Å². The number of carbonyl (C=O) groups is 1. The second kappa shape index (κ2) is 8.56. The lowest BCUT2D eigenvalue weighted by Gasteiger charge is -2.37. The zero-order valence-corrected chi connectivity index (χ0v) is 18.0. The Morgan fingerprint density at radius 2 is 1.74 bits per heavy atom. The van der Waals surface area contributed by atoms with Crippen LogP contribution in [0.4, 0.5) is 5.82 Å². The second-order valence-corrected chi connectivity index (χ2v) is 7.93. The molecule has 2 atom stereocenters. The monoisotopic (exact) mass is 428 g/mol. The van der Waals surface area contributed by atoms with E-state index in [-0.39, 0.29) is 29.2 Å². The molecule has 0 bridgehead atoms. The molecule has 2 aliphatic heterocycles. The number of nitrogens with one attached hydrogen (secondary N) is 2. The molecule has 2 aliphatic rings. The molecule has 2 N–H and O–H groups in total. The zero-order valence-electron chi connectivity index (χ0n) is 18.0. The molecule has 166 valence electrons. The molecule has 10 heteroatoms. The summed E-state index contributed by atoms with van der Waals surface area (Å²) in [6, 6.07) is 8.92. The highest BCUT2D eigenvalue weighted by molar-refractivity contribution is 5.82. The van der Waals surface area contributed by atoms with Crippen molar-refractivity contribution in [2.75, 3.05) is 38.2 Å². The molecule has 2 aromatic rings. The van der Waals surface area contributed by atoms with Gasteiger partial charge in [0.2, 0.25) is 5.91 Å². The van der Waals surface area contributed by atoms with E-state index in [1.165, 1.54) is 17.7 Å². The van der Waals surface area contributed by atoms with E-state index in [0.29, 0.717) is 38.4 Å². The number of benzene rings is 1. The molecule has 0 spiro atoms. The fourth-order valence-corrected chi connectivity index (χ4v) is 4.28. The number of aromatic nitrogens is 2. The second-order valence-electron chi connectivity index (χ2n) is 7.93. The lowest BCUT2D eigenvalue weighted by atomic mass is 10.0. The van der Waals surface area contributed by atoms with E-state index in [1.54, 1.807) is 14.2 Å². The molecular formula is C21H28N6O4. The molecule has 0 radical (unpaired) electrons. The maximum absolute atomic E-state index is 13.1. The van der Waals surface area contributed by atoms with E-state index in [2.05, 4.69) is 10.9 Å². The third kappa shape index (κ3) is 3.96. The minimum Gasteiger partial charge on any atom is -0.496 e. The van der Waals surface area contributed by atoms with E-state index < -0.39 is 0 Å². The molecule has 2 unspecified atom stereocenters. The van der Waals surface area contributed by atoms with Gasteiger partial charge < -0.3 is 14.5 Å². The summed E-state index contributed by atoms with van der Waals surface area (Å²) in [4.78, 5) is 41.1. The summed E-state index contributed by atoms with van der Waals surface area (Å²) in [6.07, 6.45) is 0.628. The average molecular weight is 428 g/mol. The lowest BCUT2D eigenvalue weighted by Crippen LogP contribution is -2.54. The predicted octanol–water partition coefficient (Wildman–Crippen LogP) is -0.651. The molecule has 1 amide bonds. The molecule has 3 heterocycles. The van der Waals surface area contributed by atoms with Crippen LogP contribution in [0.2, 0.25) is 0 Å². The lowest BCUT2D eigenvalue weighted by molar-refractivity contribution is -0.133. The van der Waals surface area contributed by atoms with E-state index in [0.717, 1.165) is 15.9 Å². The van der Waals surface area contributed by atoms with E-state index in [1.807, 2.05) is 34.1 Å². The number of anilines is 1. The molecule has 31 heavy (non-hydrogen) atoms. The van der Waals surface area contributed by atoms with Gasteiger partial charge in [0, 0.05) is 51.9 Å². The summed E-state index contributed by atoms with van der Waals surface area (Å²) in [6.45, 7) is 2.17. The van der Waals surface area contributed by atoms with E-state index >= 15 is 0 Å². The third-order valence-corrected chi connectivity index (χ3v) is 6.13. The van der Waals surface area contributed by atoms with Crippen molar-refractivity contribution in [1.82, 2.24) is 24.9 Å². The number of amides is 1. The standard InChI is InChI=1S/C21H28N6O4/c1-24-18(13-19(28)25(2)21(24)30)26-8-10-27(11-9-26)20(29)16-12-15(22-23-16)14-6-4-5-7-17(14)31-3/h4-7,13,15-16,22-23H,8-12H2,1-3H3. The van der Waals surface area contributed by atoms with Crippen LogP contribution in [0.5, 0.6) is 5.75 Å². The van der Waals surface area contributed by atoms with E-state index in [9.17, 15) is 14.4 Å². The van der Waals surface area contributed by atoms with Crippen LogP contribution in [0.15, 0.2) is 39.9 Å².